The predicted octanol–water partition coefficient (Wildman–Crippen LogP) is 7.09. The Balaban J connectivity index is 0.00000337. The Kier molecular flexibility index (Phi) is 9.55. The molecular formula is C34H41ClN2O3S. The number of benzene rings is 3. The zero-order valence-electron chi connectivity index (χ0n) is 23.5. The molecule has 3 aromatic carbocycles. The highest BCUT2D eigenvalue weighted by Crippen LogP contribution is 2.38. The fourth-order valence-electron chi connectivity index (χ4n) is 6.11. The lowest BCUT2D eigenvalue weighted by atomic mass is 9.85. The summed E-state index contributed by atoms with van der Waals surface area (Å²) in [5.41, 5.74) is 7.65. The minimum atomic E-state index is -3.31. The normalized spacial score (nSPS) is 18.9. The Morgan fingerprint density at radius 1 is 0.780 bits per heavy atom. The molecule has 2 saturated carbocycles. The number of anilines is 1. The van der Waals surface area contributed by atoms with Gasteiger partial charge in [0.15, 0.2) is 0 Å². The summed E-state index contributed by atoms with van der Waals surface area (Å²) in [6.45, 7) is 2.54. The van der Waals surface area contributed by atoms with E-state index in [1.54, 1.807) is 0 Å². The zero-order valence-corrected chi connectivity index (χ0v) is 25.2. The van der Waals surface area contributed by atoms with Crippen molar-refractivity contribution in [3.05, 3.63) is 101 Å². The maximum Gasteiger partial charge on any atom is 0.235 e. The van der Waals surface area contributed by atoms with Crippen LogP contribution in [-0.4, -0.2) is 49.4 Å². The quantitative estimate of drug-likeness (QED) is 0.233. The van der Waals surface area contributed by atoms with Gasteiger partial charge in [0.25, 0.3) is 0 Å². The van der Waals surface area contributed by atoms with Gasteiger partial charge < -0.3 is 10.0 Å². The molecule has 0 atom stereocenters. The molecule has 6 rings (SSSR count). The smallest absolute Gasteiger partial charge is 0.235 e. The van der Waals surface area contributed by atoms with Gasteiger partial charge in [0.1, 0.15) is 0 Å². The van der Waals surface area contributed by atoms with E-state index in [-0.39, 0.29) is 24.3 Å². The SMILES string of the molecule is Cl.O=S(=O)(Nc1ccc(/C(=C(\CCCO)c2ccccc2)c2ccc(C3CCN(C4CC4)CC3)cc2)cc1)C1CC1. The lowest BCUT2D eigenvalue weighted by Gasteiger charge is -2.32. The van der Waals surface area contributed by atoms with E-state index in [0.29, 0.717) is 18.0 Å². The molecule has 3 fully saturated rings. The number of aliphatic hydroxyl groups is 1. The first-order valence-corrected chi connectivity index (χ1v) is 16.4. The number of piperidine rings is 1. The molecule has 0 spiro atoms. The molecule has 3 aliphatic rings. The number of halogens is 1. The molecule has 7 heteroatoms. The summed E-state index contributed by atoms with van der Waals surface area (Å²) in [6, 6.07) is 28.1. The van der Waals surface area contributed by atoms with Crippen LogP contribution in [0.4, 0.5) is 5.69 Å². The average molecular weight is 593 g/mol. The molecule has 218 valence electrons. The van der Waals surface area contributed by atoms with Crippen LogP contribution in [0.25, 0.3) is 11.1 Å². The summed E-state index contributed by atoms with van der Waals surface area (Å²) in [5, 5.41) is 9.47. The van der Waals surface area contributed by atoms with Crippen molar-refractivity contribution in [1.82, 2.24) is 4.90 Å². The van der Waals surface area contributed by atoms with Gasteiger partial charge >= 0.3 is 0 Å². The number of likely N-dealkylation sites (tertiary alicyclic amines) is 1. The maximum atomic E-state index is 12.5. The highest BCUT2D eigenvalue weighted by Gasteiger charge is 2.35. The second-order valence-corrected chi connectivity index (χ2v) is 13.6. The highest BCUT2D eigenvalue weighted by molar-refractivity contribution is 7.93. The molecule has 5 nitrogen and oxygen atoms in total. The Morgan fingerprint density at radius 2 is 1.39 bits per heavy atom. The van der Waals surface area contributed by atoms with Gasteiger partial charge in [0.05, 0.1) is 5.25 Å². The Morgan fingerprint density at radius 3 is 1.95 bits per heavy atom. The molecule has 0 amide bonds. The first-order chi connectivity index (χ1) is 19.5. The van der Waals surface area contributed by atoms with Gasteiger partial charge in [-0.05, 0) is 116 Å². The topological polar surface area (TPSA) is 69.6 Å². The zero-order chi connectivity index (χ0) is 27.5. The summed E-state index contributed by atoms with van der Waals surface area (Å²) in [6.07, 6.45) is 8.09. The van der Waals surface area contributed by atoms with Crippen LogP contribution in [0.15, 0.2) is 78.9 Å². The van der Waals surface area contributed by atoms with Crippen molar-refractivity contribution >= 4 is 39.3 Å². The molecule has 0 radical (unpaired) electrons. The molecule has 3 aromatic rings. The summed E-state index contributed by atoms with van der Waals surface area (Å²) in [4.78, 5) is 2.67. The number of hydrogen-bond donors (Lipinski definition) is 2. The molecule has 2 aliphatic carbocycles. The number of sulfonamides is 1. The number of allylic oxidation sites excluding steroid dienone is 1. The van der Waals surface area contributed by atoms with E-state index in [1.807, 2.05) is 30.3 Å². The van der Waals surface area contributed by atoms with Crippen molar-refractivity contribution in [3.8, 4) is 0 Å². The van der Waals surface area contributed by atoms with E-state index in [2.05, 4.69) is 58.2 Å². The monoisotopic (exact) mass is 592 g/mol. The molecule has 2 N–H and O–H groups in total. The number of aliphatic hydroxyl groups excluding tert-OH is 1. The summed E-state index contributed by atoms with van der Waals surface area (Å²) >= 11 is 0. The van der Waals surface area contributed by atoms with E-state index in [4.69, 9.17) is 0 Å². The first-order valence-electron chi connectivity index (χ1n) is 14.9. The van der Waals surface area contributed by atoms with Gasteiger partial charge in [0.2, 0.25) is 10.0 Å². The lowest BCUT2D eigenvalue weighted by molar-refractivity contribution is 0.203. The first kappa shape index (κ1) is 29.8. The molecule has 0 unspecified atom stereocenters. The number of hydrogen-bond acceptors (Lipinski definition) is 4. The fraction of sp³-hybridized carbons (Fsp3) is 0.412. The Bertz CT molecular complexity index is 1420. The van der Waals surface area contributed by atoms with Crippen molar-refractivity contribution in [3.63, 3.8) is 0 Å². The third-order valence-corrected chi connectivity index (χ3v) is 10.5. The average Bonchev–Trinajstić information content (AvgIpc) is 3.90. The van der Waals surface area contributed by atoms with Gasteiger partial charge in [0, 0.05) is 18.3 Å². The van der Waals surface area contributed by atoms with Crippen LogP contribution in [0.3, 0.4) is 0 Å². The minimum Gasteiger partial charge on any atom is -0.396 e. The maximum absolute atomic E-state index is 12.5. The third kappa shape index (κ3) is 7.23. The van der Waals surface area contributed by atoms with Crippen molar-refractivity contribution in [2.45, 2.75) is 68.6 Å². The van der Waals surface area contributed by atoms with Gasteiger partial charge in [-0.15, -0.1) is 12.4 Å². The van der Waals surface area contributed by atoms with Crippen LogP contribution >= 0.6 is 12.4 Å². The third-order valence-electron chi connectivity index (χ3n) is 8.67. The molecule has 0 aromatic heterocycles. The van der Waals surface area contributed by atoms with E-state index in [1.165, 1.54) is 49.9 Å². The molecule has 0 bridgehead atoms. The van der Waals surface area contributed by atoms with Crippen molar-refractivity contribution in [2.24, 2.45) is 0 Å². The summed E-state index contributed by atoms with van der Waals surface area (Å²) in [7, 11) is -3.31. The lowest BCUT2D eigenvalue weighted by Crippen LogP contribution is -2.34. The van der Waals surface area contributed by atoms with Crippen LogP contribution in [0, 0.1) is 0 Å². The Hall–Kier alpha value is -2.64. The molecule has 1 saturated heterocycles. The largest absolute Gasteiger partial charge is 0.396 e. The molecule has 1 heterocycles. The van der Waals surface area contributed by atoms with Gasteiger partial charge in [-0.2, -0.15) is 0 Å². The second kappa shape index (κ2) is 13.1. The van der Waals surface area contributed by atoms with Crippen molar-refractivity contribution < 1.29 is 13.5 Å². The molecule has 41 heavy (non-hydrogen) atoms. The number of nitrogens with one attached hydrogen (secondary N) is 1. The van der Waals surface area contributed by atoms with Gasteiger partial charge in [-0.25, -0.2) is 8.42 Å². The molecular weight excluding hydrogens is 552 g/mol. The standard InChI is InChI=1S/C34H40N2O3S.ClH/c37-24-4-7-33(27-5-2-1-3-6-27)34(29-12-14-30(15-13-29)35-40(38,39)32-18-19-32)28-10-8-25(9-11-28)26-20-22-36(23-21-26)31-16-17-31;/h1-3,5-6,8-15,26,31-32,35,37H,4,7,16-24H2;1H/b34-33+;. The van der Waals surface area contributed by atoms with E-state index < -0.39 is 10.0 Å². The number of rotatable bonds is 11. The van der Waals surface area contributed by atoms with Crippen LogP contribution in [0.2, 0.25) is 0 Å². The van der Waals surface area contributed by atoms with E-state index >= 15 is 0 Å². The van der Waals surface area contributed by atoms with Crippen molar-refractivity contribution in [2.75, 3.05) is 24.4 Å². The summed E-state index contributed by atoms with van der Waals surface area (Å²) in [5.74, 6) is 0.609. The fourth-order valence-corrected chi connectivity index (χ4v) is 7.50. The Labute approximate surface area is 251 Å². The van der Waals surface area contributed by atoms with Crippen LogP contribution in [-0.2, 0) is 10.0 Å². The van der Waals surface area contributed by atoms with Crippen molar-refractivity contribution in [1.29, 1.82) is 0 Å². The van der Waals surface area contributed by atoms with Crippen LogP contribution < -0.4 is 4.72 Å². The number of nitrogens with zero attached hydrogens (tertiary/aromatic N) is 1. The van der Waals surface area contributed by atoms with Crippen LogP contribution in [0.1, 0.15) is 79.5 Å². The highest BCUT2D eigenvalue weighted by atomic mass is 35.5. The van der Waals surface area contributed by atoms with E-state index in [9.17, 15) is 13.5 Å². The van der Waals surface area contributed by atoms with Gasteiger partial charge in [-0.3, -0.25) is 4.72 Å². The van der Waals surface area contributed by atoms with Gasteiger partial charge in [-0.1, -0.05) is 66.7 Å². The minimum absolute atomic E-state index is 0. The predicted molar refractivity (Wildman–Crippen MR) is 171 cm³/mol. The summed E-state index contributed by atoms with van der Waals surface area (Å²) < 4.78 is 27.7. The van der Waals surface area contributed by atoms with Crippen LogP contribution in [0.5, 0.6) is 0 Å². The second-order valence-electron chi connectivity index (χ2n) is 11.6. The molecule has 1 aliphatic heterocycles. The van der Waals surface area contributed by atoms with E-state index in [0.717, 1.165) is 47.6 Å².